The number of nitrogens with zero attached hydrogens (tertiary/aromatic N) is 4. The van der Waals surface area contributed by atoms with Crippen LogP contribution in [0.4, 0.5) is 0 Å². The van der Waals surface area contributed by atoms with Crippen molar-refractivity contribution in [2.45, 2.75) is 159 Å². The zero-order chi connectivity index (χ0) is 51.3. The molecule has 0 radical (unpaired) electrons. The van der Waals surface area contributed by atoms with Gasteiger partial charge in [0.1, 0.15) is 48.3 Å². The summed E-state index contributed by atoms with van der Waals surface area (Å²) in [5.41, 5.74) is 6.44. The van der Waals surface area contributed by atoms with E-state index in [1.54, 1.807) is 13.8 Å². The Labute approximate surface area is 399 Å². The molecule has 0 bridgehead atoms. The number of hydrogen-bond donors (Lipinski definition) is 11. The summed E-state index contributed by atoms with van der Waals surface area (Å²) in [6.07, 6.45) is 1.96. The third kappa shape index (κ3) is 15.1. The van der Waals surface area contributed by atoms with Crippen molar-refractivity contribution >= 4 is 59.2 Å². The van der Waals surface area contributed by atoms with Crippen molar-refractivity contribution < 1.29 is 68.4 Å². The first kappa shape index (κ1) is 55.4. The van der Waals surface area contributed by atoms with Gasteiger partial charge in [-0.1, -0.05) is 27.7 Å². The van der Waals surface area contributed by atoms with Gasteiger partial charge in [-0.2, -0.15) is 0 Å². The summed E-state index contributed by atoms with van der Waals surface area (Å²) in [5, 5.41) is 52.7. The average molecular weight is 976 g/mol. The fourth-order valence-corrected chi connectivity index (χ4v) is 8.93. The quantitative estimate of drug-likeness (QED) is 0.0483. The molecule has 0 aromatic carbocycles. The summed E-state index contributed by atoms with van der Waals surface area (Å²) in [4.78, 5) is 144. The van der Waals surface area contributed by atoms with E-state index in [9.17, 15) is 68.4 Å². The van der Waals surface area contributed by atoms with Crippen LogP contribution in [-0.2, 0) is 54.4 Å². The van der Waals surface area contributed by atoms with Gasteiger partial charge in [0.2, 0.25) is 47.3 Å². The molecule has 3 saturated heterocycles. The Morgan fingerprint density at radius 3 is 1.59 bits per heavy atom. The second kappa shape index (κ2) is 25.4. The lowest BCUT2D eigenvalue weighted by Crippen LogP contribution is -2.62. The number of nitrogens with one attached hydrogen (secondary N) is 6. The predicted molar refractivity (Wildman–Crippen MR) is 242 cm³/mol. The Balaban J connectivity index is 1.48. The minimum absolute atomic E-state index is 0.0430. The van der Waals surface area contributed by atoms with Gasteiger partial charge in [-0.25, -0.2) is 9.78 Å². The SMILES string of the molecule is CC(C)C[C@H](NC(=O)[C@@H]1CCCN1C(=O)[C@H](CO)NC(=O)[C@@H]1CCCN1C(=O)[C@H](CC(=O)O)NC(=O)[C@H](Cc1cnc[nH]1)NC(=O)[C@@H](NC(=O)[C@@H]1CCCN1C(=O)[C@@H](N)CC(C)C)[C@@H](C)O)C(=O)O. The molecule has 384 valence electrons. The number of aromatic amines is 1. The Morgan fingerprint density at radius 1 is 0.667 bits per heavy atom. The molecule has 25 nitrogen and oxygen atoms in total. The van der Waals surface area contributed by atoms with Crippen LogP contribution < -0.4 is 32.3 Å². The number of imidazole rings is 1. The molecule has 3 aliphatic rings. The second-order valence-corrected chi connectivity index (χ2v) is 18.8. The van der Waals surface area contributed by atoms with Crippen LogP contribution in [-0.4, -0.2) is 191 Å². The molecular weight excluding hydrogens is 907 g/mol. The molecule has 4 rings (SSSR count). The predicted octanol–water partition coefficient (Wildman–Crippen LogP) is -3.30. The number of H-pyrrole nitrogens is 1. The number of nitrogens with two attached hydrogens (primary N) is 1. The molecule has 4 heterocycles. The van der Waals surface area contributed by atoms with E-state index in [1.807, 2.05) is 13.8 Å². The highest BCUT2D eigenvalue weighted by atomic mass is 16.4. The summed E-state index contributed by atoms with van der Waals surface area (Å²) in [6, 6.07) is -12.1. The van der Waals surface area contributed by atoms with Gasteiger partial charge in [0, 0.05) is 37.9 Å². The van der Waals surface area contributed by atoms with Gasteiger partial charge in [-0.3, -0.25) is 43.2 Å². The van der Waals surface area contributed by atoms with Crippen LogP contribution in [0.5, 0.6) is 0 Å². The fraction of sp³-hybridized carbons (Fsp3) is 0.705. The number of amides is 8. The molecule has 3 aliphatic heterocycles. The summed E-state index contributed by atoms with van der Waals surface area (Å²) in [7, 11) is 0. The first-order chi connectivity index (χ1) is 32.5. The van der Waals surface area contributed by atoms with Gasteiger partial charge in [0.15, 0.2) is 0 Å². The molecule has 0 spiro atoms. The van der Waals surface area contributed by atoms with Gasteiger partial charge in [0.25, 0.3) is 0 Å². The van der Waals surface area contributed by atoms with Crippen LogP contribution in [0.3, 0.4) is 0 Å². The number of hydrogen-bond acceptors (Lipinski definition) is 14. The van der Waals surface area contributed by atoms with Crippen molar-refractivity contribution in [1.82, 2.24) is 51.3 Å². The summed E-state index contributed by atoms with van der Waals surface area (Å²) >= 11 is 0. The Morgan fingerprint density at radius 2 is 1.14 bits per heavy atom. The molecule has 1 aromatic heterocycles. The van der Waals surface area contributed by atoms with Gasteiger partial charge >= 0.3 is 11.9 Å². The first-order valence-corrected chi connectivity index (χ1v) is 23.4. The first-order valence-electron chi connectivity index (χ1n) is 23.4. The van der Waals surface area contributed by atoms with Crippen molar-refractivity contribution in [3.05, 3.63) is 18.2 Å². The second-order valence-electron chi connectivity index (χ2n) is 18.8. The molecule has 0 unspecified atom stereocenters. The zero-order valence-electron chi connectivity index (χ0n) is 39.7. The molecule has 25 heteroatoms. The molecule has 1 aromatic rings. The smallest absolute Gasteiger partial charge is 0.326 e. The molecule has 12 N–H and O–H groups in total. The van der Waals surface area contributed by atoms with Gasteiger partial charge in [-0.05, 0) is 70.1 Å². The van der Waals surface area contributed by atoms with Crippen LogP contribution in [0, 0.1) is 11.8 Å². The lowest BCUT2D eigenvalue weighted by molar-refractivity contribution is -0.147. The number of carboxylic acids is 2. The molecule has 3 fully saturated rings. The maximum atomic E-state index is 14.2. The lowest BCUT2D eigenvalue weighted by Gasteiger charge is -2.32. The summed E-state index contributed by atoms with van der Waals surface area (Å²) < 4.78 is 0. The molecule has 10 atom stereocenters. The van der Waals surface area contributed by atoms with Crippen molar-refractivity contribution in [1.29, 1.82) is 0 Å². The van der Waals surface area contributed by atoms with Crippen molar-refractivity contribution in [2.75, 3.05) is 26.2 Å². The van der Waals surface area contributed by atoms with Crippen LogP contribution >= 0.6 is 0 Å². The van der Waals surface area contributed by atoms with E-state index in [0.717, 1.165) is 9.80 Å². The fourth-order valence-electron chi connectivity index (χ4n) is 8.93. The summed E-state index contributed by atoms with van der Waals surface area (Å²) in [6.45, 7) is 7.94. The third-order valence-electron chi connectivity index (χ3n) is 12.3. The zero-order valence-corrected chi connectivity index (χ0v) is 39.7. The van der Waals surface area contributed by atoms with Crippen LogP contribution in [0.25, 0.3) is 0 Å². The standard InChI is InChI=1S/C44H69N11O14/c1-22(2)15-26(45)41(65)53-12-6-11-33(53)39(63)52-35(24(5)57)40(64)48-27(17-25-19-46-21-47-25)36(60)49-28(18-34(58)59)42(66)54-13-7-10-32(54)38(62)51-30(20-56)43(67)55-14-8-9-31(55)37(61)50-29(44(68)69)16-23(3)4/h19,21-24,26-33,35,56-57H,6-18,20,45H2,1-5H3,(H,46,47)(H,48,64)(H,49,60)(H,50,61)(H,51,62)(H,52,63)(H,58,59)(H,68,69)/t24-,26+,27+,28+,29+,30+,31+,32+,33+,35+/m1/s1. The number of carbonyl (C=O) groups is 10. The Kier molecular flexibility index (Phi) is 20.4. The van der Waals surface area contributed by atoms with E-state index in [0.29, 0.717) is 25.0 Å². The highest BCUT2D eigenvalue weighted by Crippen LogP contribution is 2.23. The molecule has 8 amide bonds. The number of carboxylic acid groups (broad SMARTS) is 2. The largest absolute Gasteiger partial charge is 0.481 e. The van der Waals surface area contributed by atoms with E-state index < -0.39 is 133 Å². The maximum Gasteiger partial charge on any atom is 0.326 e. The topological polar surface area (TPSA) is 376 Å². The Hall–Kier alpha value is -6.21. The summed E-state index contributed by atoms with van der Waals surface area (Å²) in [5.74, 6) is -9.41. The van der Waals surface area contributed by atoms with Crippen LogP contribution in [0.15, 0.2) is 12.5 Å². The van der Waals surface area contributed by atoms with Crippen LogP contribution in [0.1, 0.15) is 98.1 Å². The van der Waals surface area contributed by atoms with Gasteiger partial charge < -0.3 is 72.4 Å². The van der Waals surface area contributed by atoms with E-state index in [1.165, 1.54) is 24.3 Å². The molecule has 69 heavy (non-hydrogen) atoms. The highest BCUT2D eigenvalue weighted by molar-refractivity contribution is 5.99. The van der Waals surface area contributed by atoms with E-state index in [2.05, 4.69) is 36.6 Å². The number of carbonyl (C=O) groups excluding carboxylic acids is 8. The van der Waals surface area contributed by atoms with E-state index >= 15 is 0 Å². The average Bonchev–Trinajstić information content (AvgIpc) is 4.13. The minimum Gasteiger partial charge on any atom is -0.481 e. The van der Waals surface area contributed by atoms with E-state index in [4.69, 9.17) is 5.73 Å². The number of rotatable bonds is 24. The highest BCUT2D eigenvalue weighted by Gasteiger charge is 2.44. The van der Waals surface area contributed by atoms with E-state index in [-0.39, 0.29) is 70.0 Å². The number of aromatic nitrogens is 2. The van der Waals surface area contributed by atoms with Crippen molar-refractivity contribution in [3.63, 3.8) is 0 Å². The minimum atomic E-state index is -1.81. The normalized spacial score (nSPS) is 21.1. The maximum absolute atomic E-state index is 14.2. The van der Waals surface area contributed by atoms with Crippen molar-refractivity contribution in [2.24, 2.45) is 17.6 Å². The number of aliphatic hydroxyl groups excluding tert-OH is 2. The number of aliphatic carboxylic acids is 2. The Bertz CT molecular complexity index is 2020. The third-order valence-corrected chi connectivity index (χ3v) is 12.3. The number of likely N-dealkylation sites (tertiary alicyclic amines) is 3. The van der Waals surface area contributed by atoms with Crippen molar-refractivity contribution in [3.8, 4) is 0 Å². The molecule has 0 saturated carbocycles. The van der Waals surface area contributed by atoms with Crippen LogP contribution in [0.2, 0.25) is 0 Å². The van der Waals surface area contributed by atoms with Gasteiger partial charge in [0.05, 0.1) is 31.5 Å². The van der Waals surface area contributed by atoms with Gasteiger partial charge in [-0.15, -0.1) is 0 Å². The monoisotopic (exact) mass is 976 g/mol. The molecular formula is C44H69N11O14. The molecule has 0 aliphatic carbocycles. The lowest BCUT2D eigenvalue weighted by atomic mass is 10.0. The number of aliphatic hydroxyl groups is 2.